The van der Waals surface area contributed by atoms with Crippen LogP contribution in [0.25, 0.3) is 0 Å². The maximum Gasteiger partial charge on any atom is 0.300 e. The first-order chi connectivity index (χ1) is 13.5. The first kappa shape index (κ1) is 19.2. The number of Topliss-reactive ketones (excluding diaryl/α,β-unsaturated/α-hetero) is 1. The van der Waals surface area contributed by atoms with E-state index in [9.17, 15) is 9.59 Å². The Morgan fingerprint density at radius 1 is 1.00 bits per heavy atom. The summed E-state index contributed by atoms with van der Waals surface area (Å²) in [6.45, 7) is 3.36. The zero-order valence-corrected chi connectivity index (χ0v) is 17.6. The van der Waals surface area contributed by atoms with Crippen LogP contribution in [0.4, 0.5) is 11.4 Å². The molecule has 2 aliphatic heterocycles. The first-order valence-corrected chi connectivity index (χ1v) is 10.5. The Morgan fingerprint density at radius 2 is 1.71 bits per heavy atom. The van der Waals surface area contributed by atoms with Crippen LogP contribution < -0.4 is 9.80 Å². The zero-order valence-electron chi connectivity index (χ0n) is 16.0. The fourth-order valence-electron chi connectivity index (χ4n) is 4.01. The predicted molar refractivity (Wildman–Crippen MR) is 115 cm³/mol. The van der Waals surface area contributed by atoms with E-state index in [1.54, 1.807) is 11.0 Å². The van der Waals surface area contributed by atoms with Crippen LogP contribution in [0.3, 0.4) is 0 Å². The number of carbonyl (C=O) groups is 2. The van der Waals surface area contributed by atoms with E-state index < -0.39 is 11.7 Å². The number of carbonyl (C=O) groups excluding carboxylic acids is 2. The molecule has 0 unspecified atom stereocenters. The lowest BCUT2D eigenvalue weighted by Crippen LogP contribution is -2.38. The molecule has 0 radical (unpaired) electrons. The van der Waals surface area contributed by atoms with Crippen molar-refractivity contribution in [1.29, 1.82) is 0 Å². The number of anilines is 2. The van der Waals surface area contributed by atoms with Crippen LogP contribution in [-0.4, -0.2) is 43.4 Å². The van der Waals surface area contributed by atoms with Gasteiger partial charge in [0.2, 0.25) is 0 Å². The predicted octanol–water partition coefficient (Wildman–Crippen LogP) is 4.06. The highest BCUT2D eigenvalue weighted by Gasteiger charge is 2.37. The van der Waals surface area contributed by atoms with Gasteiger partial charge in [0.05, 0.1) is 17.9 Å². The van der Waals surface area contributed by atoms with Crippen molar-refractivity contribution in [3.05, 3.63) is 58.1 Å². The molecule has 146 valence electrons. The number of fused-ring (bicyclic) bond motifs is 1. The maximum atomic E-state index is 12.4. The van der Waals surface area contributed by atoms with Crippen molar-refractivity contribution < 1.29 is 9.59 Å². The SMILES string of the molecule is CN(Cc1ccc(N2CCCCC2)cc1)CN1C(=O)C(=O)c2c(Br)cccc21. The van der Waals surface area contributed by atoms with Crippen LogP contribution >= 0.6 is 15.9 Å². The van der Waals surface area contributed by atoms with Gasteiger partial charge in [-0.05, 0) is 72.1 Å². The Balaban J connectivity index is 1.42. The molecule has 0 N–H and O–H groups in total. The molecule has 0 spiro atoms. The van der Waals surface area contributed by atoms with Crippen molar-refractivity contribution in [2.24, 2.45) is 0 Å². The van der Waals surface area contributed by atoms with Gasteiger partial charge in [0.25, 0.3) is 5.78 Å². The lowest BCUT2D eigenvalue weighted by Gasteiger charge is -2.29. The summed E-state index contributed by atoms with van der Waals surface area (Å²) in [6.07, 6.45) is 3.87. The highest BCUT2D eigenvalue weighted by molar-refractivity contribution is 9.10. The molecule has 6 heteroatoms. The minimum Gasteiger partial charge on any atom is -0.372 e. The molecule has 2 aromatic rings. The average molecular weight is 442 g/mol. The Morgan fingerprint density at radius 3 is 2.43 bits per heavy atom. The number of piperidine rings is 1. The Bertz CT molecular complexity index is 891. The lowest BCUT2D eigenvalue weighted by atomic mass is 10.1. The summed E-state index contributed by atoms with van der Waals surface area (Å²) in [7, 11) is 1.96. The number of hydrogen-bond acceptors (Lipinski definition) is 4. The van der Waals surface area contributed by atoms with Gasteiger partial charge in [-0.1, -0.05) is 18.2 Å². The van der Waals surface area contributed by atoms with Crippen LogP contribution in [0.5, 0.6) is 0 Å². The quantitative estimate of drug-likeness (QED) is 0.656. The smallest absolute Gasteiger partial charge is 0.300 e. The minimum absolute atomic E-state index is 0.377. The normalized spacial score (nSPS) is 16.8. The van der Waals surface area contributed by atoms with Crippen molar-refractivity contribution in [2.75, 3.05) is 36.6 Å². The van der Waals surface area contributed by atoms with Crippen molar-refractivity contribution in [3.63, 3.8) is 0 Å². The highest BCUT2D eigenvalue weighted by Crippen LogP contribution is 2.34. The third kappa shape index (κ3) is 3.71. The number of hydrogen-bond donors (Lipinski definition) is 0. The molecular weight excluding hydrogens is 418 g/mol. The van der Waals surface area contributed by atoms with E-state index in [-0.39, 0.29) is 0 Å². The molecule has 0 bridgehead atoms. The van der Waals surface area contributed by atoms with E-state index in [0.717, 1.165) is 13.1 Å². The van der Waals surface area contributed by atoms with Gasteiger partial charge in [0.15, 0.2) is 0 Å². The van der Waals surface area contributed by atoms with Gasteiger partial charge >= 0.3 is 5.91 Å². The van der Waals surface area contributed by atoms with E-state index in [2.05, 4.69) is 50.0 Å². The fraction of sp³-hybridized carbons (Fsp3) is 0.364. The molecule has 5 nitrogen and oxygen atoms in total. The third-order valence-corrected chi connectivity index (χ3v) is 6.10. The van der Waals surface area contributed by atoms with E-state index in [1.165, 1.54) is 30.5 Å². The highest BCUT2D eigenvalue weighted by atomic mass is 79.9. The summed E-state index contributed by atoms with van der Waals surface area (Å²) in [5, 5.41) is 0. The second-order valence-corrected chi connectivity index (χ2v) is 8.42. The Kier molecular flexibility index (Phi) is 5.51. The van der Waals surface area contributed by atoms with Gasteiger partial charge in [-0.25, -0.2) is 0 Å². The van der Waals surface area contributed by atoms with E-state index >= 15 is 0 Å². The third-order valence-electron chi connectivity index (χ3n) is 5.44. The average Bonchev–Trinajstić information content (AvgIpc) is 2.95. The summed E-state index contributed by atoms with van der Waals surface area (Å²) >= 11 is 3.38. The van der Waals surface area contributed by atoms with Gasteiger partial charge in [0, 0.05) is 29.8 Å². The molecule has 1 amide bonds. The fourth-order valence-corrected chi connectivity index (χ4v) is 4.54. The summed E-state index contributed by atoms with van der Waals surface area (Å²) < 4.78 is 0.668. The van der Waals surface area contributed by atoms with Crippen LogP contribution in [0.1, 0.15) is 35.2 Å². The van der Waals surface area contributed by atoms with Crippen LogP contribution in [0.2, 0.25) is 0 Å². The van der Waals surface area contributed by atoms with E-state index in [0.29, 0.717) is 28.9 Å². The molecule has 0 saturated carbocycles. The summed E-state index contributed by atoms with van der Waals surface area (Å²) in [6, 6.07) is 14.1. The number of ketones is 1. The molecule has 2 heterocycles. The van der Waals surface area contributed by atoms with Crippen LogP contribution in [0.15, 0.2) is 46.9 Å². The van der Waals surface area contributed by atoms with Crippen molar-refractivity contribution in [3.8, 4) is 0 Å². The first-order valence-electron chi connectivity index (χ1n) is 9.72. The van der Waals surface area contributed by atoms with Gasteiger partial charge in [-0.15, -0.1) is 0 Å². The molecule has 2 aromatic carbocycles. The standard InChI is InChI=1S/C22H24BrN3O2/c1-24(14-16-8-10-17(11-9-16)25-12-3-2-4-13-25)15-26-19-7-5-6-18(23)20(19)21(27)22(26)28/h5-11H,2-4,12-15H2,1H3. The maximum absolute atomic E-state index is 12.4. The minimum atomic E-state index is -0.464. The molecule has 28 heavy (non-hydrogen) atoms. The molecule has 1 saturated heterocycles. The number of amides is 1. The van der Waals surface area contributed by atoms with Crippen LogP contribution in [0, 0.1) is 0 Å². The molecule has 1 fully saturated rings. The molecule has 0 aromatic heterocycles. The van der Waals surface area contributed by atoms with Crippen molar-refractivity contribution >= 4 is 39.0 Å². The Hall–Kier alpha value is -2.18. The zero-order chi connectivity index (χ0) is 19.7. The number of nitrogens with zero attached hydrogens (tertiary/aromatic N) is 3. The number of halogens is 1. The molecule has 4 rings (SSSR count). The van der Waals surface area contributed by atoms with Crippen molar-refractivity contribution in [1.82, 2.24) is 4.90 Å². The van der Waals surface area contributed by atoms with E-state index in [4.69, 9.17) is 0 Å². The van der Waals surface area contributed by atoms with Gasteiger partial charge in [-0.2, -0.15) is 0 Å². The molecular formula is C22H24BrN3O2. The van der Waals surface area contributed by atoms with Gasteiger partial charge in [-0.3, -0.25) is 19.4 Å². The van der Waals surface area contributed by atoms with Gasteiger partial charge in [0.1, 0.15) is 0 Å². The van der Waals surface area contributed by atoms with Crippen molar-refractivity contribution in [2.45, 2.75) is 25.8 Å². The second-order valence-electron chi connectivity index (χ2n) is 7.57. The topological polar surface area (TPSA) is 43.9 Å². The Labute approximate surface area is 174 Å². The number of rotatable bonds is 5. The number of benzene rings is 2. The van der Waals surface area contributed by atoms with E-state index in [1.807, 2.05) is 19.2 Å². The molecule has 0 atom stereocenters. The second kappa shape index (κ2) is 8.05. The monoisotopic (exact) mass is 441 g/mol. The molecule has 0 aliphatic carbocycles. The van der Waals surface area contributed by atoms with Gasteiger partial charge < -0.3 is 4.90 Å². The summed E-state index contributed by atoms with van der Waals surface area (Å²) in [5.74, 6) is -0.907. The summed E-state index contributed by atoms with van der Waals surface area (Å²) in [5.41, 5.74) is 3.62. The lowest BCUT2D eigenvalue weighted by molar-refractivity contribution is -0.114. The molecule has 2 aliphatic rings. The largest absolute Gasteiger partial charge is 0.372 e. The summed E-state index contributed by atoms with van der Waals surface area (Å²) in [4.78, 5) is 30.8. The van der Waals surface area contributed by atoms with Crippen LogP contribution in [-0.2, 0) is 11.3 Å².